The van der Waals surface area contributed by atoms with E-state index in [0.29, 0.717) is 0 Å². The summed E-state index contributed by atoms with van der Waals surface area (Å²) in [5, 5.41) is 0. The fourth-order valence-electron chi connectivity index (χ4n) is 2.42. The SMILES string of the molecule is C[C@@]1(c2ccccc2)CCC=C1O[Si](C)(C)C. The maximum Gasteiger partial charge on any atom is 0.241 e. The lowest BCUT2D eigenvalue weighted by Gasteiger charge is -2.33. The Morgan fingerprint density at radius 1 is 1.12 bits per heavy atom. The quantitative estimate of drug-likeness (QED) is 0.715. The molecular formula is C15H22OSi. The summed E-state index contributed by atoms with van der Waals surface area (Å²) < 4.78 is 6.27. The summed E-state index contributed by atoms with van der Waals surface area (Å²) in [7, 11) is -1.51. The van der Waals surface area contributed by atoms with E-state index in [4.69, 9.17) is 4.43 Å². The van der Waals surface area contributed by atoms with Crippen LogP contribution in [0.5, 0.6) is 0 Å². The minimum atomic E-state index is -1.51. The molecule has 2 heteroatoms. The van der Waals surface area contributed by atoms with Crippen molar-refractivity contribution in [3.63, 3.8) is 0 Å². The third-order valence-electron chi connectivity index (χ3n) is 3.34. The molecule has 1 aromatic carbocycles. The van der Waals surface area contributed by atoms with Crippen LogP contribution in [0.2, 0.25) is 19.6 Å². The van der Waals surface area contributed by atoms with Crippen LogP contribution in [-0.4, -0.2) is 8.32 Å². The van der Waals surface area contributed by atoms with Gasteiger partial charge in [-0.25, -0.2) is 0 Å². The summed E-state index contributed by atoms with van der Waals surface area (Å²) >= 11 is 0. The van der Waals surface area contributed by atoms with Crippen molar-refractivity contribution in [2.24, 2.45) is 0 Å². The zero-order valence-electron chi connectivity index (χ0n) is 11.3. The molecule has 2 rings (SSSR count). The highest BCUT2D eigenvalue weighted by Crippen LogP contribution is 2.43. The molecule has 1 atom stereocenters. The maximum atomic E-state index is 6.27. The molecule has 0 radical (unpaired) electrons. The monoisotopic (exact) mass is 246 g/mol. The number of rotatable bonds is 3. The first-order valence-electron chi connectivity index (χ1n) is 6.37. The molecule has 0 spiro atoms. The molecule has 92 valence electrons. The van der Waals surface area contributed by atoms with Gasteiger partial charge in [-0.3, -0.25) is 0 Å². The summed E-state index contributed by atoms with van der Waals surface area (Å²) in [4.78, 5) is 0. The first-order chi connectivity index (χ1) is 7.92. The van der Waals surface area contributed by atoms with Crippen molar-refractivity contribution in [3.05, 3.63) is 47.7 Å². The number of allylic oxidation sites excluding steroid dienone is 2. The van der Waals surface area contributed by atoms with Crippen LogP contribution in [0, 0.1) is 0 Å². The van der Waals surface area contributed by atoms with Crippen molar-refractivity contribution < 1.29 is 4.43 Å². The molecule has 0 aromatic heterocycles. The van der Waals surface area contributed by atoms with E-state index in [9.17, 15) is 0 Å². The van der Waals surface area contributed by atoms with Crippen LogP contribution in [-0.2, 0) is 9.84 Å². The van der Waals surface area contributed by atoms with Crippen molar-refractivity contribution in [2.45, 2.75) is 44.8 Å². The van der Waals surface area contributed by atoms with Gasteiger partial charge < -0.3 is 4.43 Å². The Balaban J connectivity index is 2.29. The molecule has 0 unspecified atom stereocenters. The van der Waals surface area contributed by atoms with Gasteiger partial charge in [0.25, 0.3) is 0 Å². The molecule has 0 heterocycles. The highest BCUT2D eigenvalue weighted by Gasteiger charge is 2.37. The van der Waals surface area contributed by atoms with E-state index in [-0.39, 0.29) is 5.41 Å². The molecule has 1 nitrogen and oxygen atoms in total. The first kappa shape index (κ1) is 12.4. The molecule has 1 aliphatic carbocycles. The van der Waals surface area contributed by atoms with Gasteiger partial charge in [0.1, 0.15) is 0 Å². The highest BCUT2D eigenvalue weighted by atomic mass is 28.4. The van der Waals surface area contributed by atoms with Crippen LogP contribution in [0.25, 0.3) is 0 Å². The normalized spacial score (nSPS) is 24.6. The zero-order chi connectivity index (χ0) is 12.5. The first-order valence-corrected chi connectivity index (χ1v) is 9.78. The second-order valence-electron chi connectivity index (χ2n) is 6.02. The largest absolute Gasteiger partial charge is 0.547 e. The van der Waals surface area contributed by atoms with Gasteiger partial charge in [0, 0.05) is 5.41 Å². The molecule has 1 aliphatic rings. The third-order valence-corrected chi connectivity index (χ3v) is 4.18. The van der Waals surface area contributed by atoms with E-state index in [0.717, 1.165) is 12.8 Å². The van der Waals surface area contributed by atoms with Gasteiger partial charge in [-0.1, -0.05) is 30.3 Å². The summed E-state index contributed by atoms with van der Waals surface area (Å²) in [5.41, 5.74) is 1.46. The fourth-order valence-corrected chi connectivity index (χ4v) is 3.39. The van der Waals surface area contributed by atoms with Crippen LogP contribution in [0.3, 0.4) is 0 Å². The van der Waals surface area contributed by atoms with E-state index >= 15 is 0 Å². The van der Waals surface area contributed by atoms with E-state index in [1.807, 2.05) is 0 Å². The van der Waals surface area contributed by atoms with Crippen LogP contribution in [0.1, 0.15) is 25.3 Å². The van der Waals surface area contributed by atoms with Gasteiger partial charge in [-0.15, -0.1) is 0 Å². The van der Waals surface area contributed by atoms with Crippen molar-refractivity contribution in [1.82, 2.24) is 0 Å². The molecule has 1 aromatic rings. The van der Waals surface area contributed by atoms with E-state index in [2.05, 4.69) is 63.0 Å². The molecule has 0 amide bonds. The Kier molecular flexibility index (Phi) is 3.17. The molecule has 0 N–H and O–H groups in total. The van der Waals surface area contributed by atoms with Crippen molar-refractivity contribution in [1.29, 1.82) is 0 Å². The average Bonchev–Trinajstić information content (AvgIpc) is 2.61. The Bertz CT molecular complexity index is 416. The highest BCUT2D eigenvalue weighted by molar-refractivity contribution is 6.70. The van der Waals surface area contributed by atoms with Crippen LogP contribution < -0.4 is 0 Å². The Morgan fingerprint density at radius 2 is 1.76 bits per heavy atom. The molecular weight excluding hydrogens is 224 g/mol. The Hall–Kier alpha value is -1.02. The van der Waals surface area contributed by atoms with Gasteiger partial charge >= 0.3 is 0 Å². The Morgan fingerprint density at radius 3 is 2.35 bits per heavy atom. The fraction of sp³-hybridized carbons (Fsp3) is 0.467. The second kappa shape index (κ2) is 4.34. The second-order valence-corrected chi connectivity index (χ2v) is 10.4. The van der Waals surface area contributed by atoms with Crippen molar-refractivity contribution in [2.75, 3.05) is 0 Å². The molecule has 17 heavy (non-hydrogen) atoms. The zero-order valence-corrected chi connectivity index (χ0v) is 12.3. The molecule has 0 fully saturated rings. The standard InChI is InChI=1S/C15H22OSi/c1-15(13-9-6-5-7-10-13)12-8-11-14(15)16-17(2,3)4/h5-7,9-11H,8,12H2,1-4H3/t15-/m0/s1. The topological polar surface area (TPSA) is 9.23 Å². The maximum absolute atomic E-state index is 6.27. The summed E-state index contributed by atoms with van der Waals surface area (Å²) in [6, 6.07) is 10.7. The van der Waals surface area contributed by atoms with E-state index < -0.39 is 8.32 Å². The smallest absolute Gasteiger partial charge is 0.241 e. The van der Waals surface area contributed by atoms with E-state index in [1.54, 1.807) is 0 Å². The lowest BCUT2D eigenvalue weighted by Crippen LogP contribution is -2.32. The summed E-state index contributed by atoms with van der Waals surface area (Å²) in [6.45, 7) is 9.05. The van der Waals surface area contributed by atoms with Gasteiger partial charge in [0.2, 0.25) is 8.32 Å². The molecule has 0 saturated heterocycles. The van der Waals surface area contributed by atoms with Gasteiger partial charge in [-0.2, -0.15) is 0 Å². The molecule has 0 bridgehead atoms. The van der Waals surface area contributed by atoms with E-state index in [1.165, 1.54) is 11.3 Å². The molecule has 0 aliphatic heterocycles. The predicted octanol–water partition coefficient (Wildman–Crippen LogP) is 4.47. The predicted molar refractivity (Wildman–Crippen MR) is 75.5 cm³/mol. The number of hydrogen-bond acceptors (Lipinski definition) is 1. The van der Waals surface area contributed by atoms with Crippen molar-refractivity contribution in [3.8, 4) is 0 Å². The number of hydrogen-bond donors (Lipinski definition) is 0. The summed E-state index contributed by atoms with van der Waals surface area (Å²) in [5.74, 6) is 1.20. The van der Waals surface area contributed by atoms with Crippen LogP contribution in [0.15, 0.2) is 42.2 Å². The lowest BCUT2D eigenvalue weighted by atomic mass is 9.81. The summed E-state index contributed by atoms with van der Waals surface area (Å²) in [6.07, 6.45) is 4.58. The van der Waals surface area contributed by atoms with Gasteiger partial charge in [-0.05, 0) is 51.0 Å². The lowest BCUT2D eigenvalue weighted by molar-refractivity contribution is 0.328. The van der Waals surface area contributed by atoms with Gasteiger partial charge in [0.05, 0.1) is 5.76 Å². The minimum absolute atomic E-state index is 0.0849. The number of benzene rings is 1. The van der Waals surface area contributed by atoms with Crippen molar-refractivity contribution >= 4 is 8.32 Å². The Labute approximate surface area is 106 Å². The van der Waals surface area contributed by atoms with Gasteiger partial charge in [0.15, 0.2) is 0 Å². The van der Waals surface area contributed by atoms with Crippen LogP contribution >= 0.6 is 0 Å². The minimum Gasteiger partial charge on any atom is -0.547 e. The third kappa shape index (κ3) is 2.63. The average molecular weight is 246 g/mol. The molecule has 0 saturated carbocycles. The van der Waals surface area contributed by atoms with Crippen LogP contribution in [0.4, 0.5) is 0 Å².